The summed E-state index contributed by atoms with van der Waals surface area (Å²) >= 11 is 0. The molecule has 5 aromatic heterocycles. The number of anilines is 1. The molecule has 40 heavy (non-hydrogen) atoms. The van der Waals surface area contributed by atoms with Gasteiger partial charge in [0.15, 0.2) is 11.2 Å². The molecule has 0 aliphatic heterocycles. The molecule has 0 radical (unpaired) electrons. The van der Waals surface area contributed by atoms with Crippen LogP contribution >= 0.6 is 0 Å². The monoisotopic (exact) mass is 554 g/mol. The summed E-state index contributed by atoms with van der Waals surface area (Å²) in [5.74, 6) is 0.0957. The first-order valence-corrected chi connectivity index (χ1v) is 11.8. The Bertz CT molecular complexity index is 1880. The van der Waals surface area contributed by atoms with E-state index < -0.39 is 29.0 Å². The number of imidazole rings is 1. The van der Waals surface area contributed by atoms with E-state index in [9.17, 15) is 27.6 Å². The van der Waals surface area contributed by atoms with Crippen LogP contribution in [-0.2, 0) is 31.1 Å². The number of nitrogens with zero attached hydrogens (tertiary/aromatic N) is 7. The van der Waals surface area contributed by atoms with Gasteiger partial charge >= 0.3 is 11.9 Å². The highest BCUT2D eigenvalue weighted by molar-refractivity contribution is 5.90. The second kappa shape index (κ2) is 9.91. The van der Waals surface area contributed by atoms with Gasteiger partial charge in [0.25, 0.3) is 5.56 Å². The summed E-state index contributed by atoms with van der Waals surface area (Å²) in [4.78, 5) is 50.9. The first-order chi connectivity index (χ1) is 18.9. The Hall–Kier alpha value is -5.08. The fourth-order valence-corrected chi connectivity index (χ4v) is 4.25. The van der Waals surface area contributed by atoms with Crippen LogP contribution in [0, 0.1) is 13.8 Å². The molecule has 0 atom stereocenters. The summed E-state index contributed by atoms with van der Waals surface area (Å²) in [7, 11) is 1.46. The third kappa shape index (κ3) is 5.00. The predicted molar refractivity (Wildman–Crippen MR) is 135 cm³/mol. The summed E-state index contributed by atoms with van der Waals surface area (Å²) in [5, 5.41) is 6.44. The molecule has 206 valence electrons. The fraction of sp³-hybridized carbons (Fsp3) is 0.240. The maximum absolute atomic E-state index is 13.3. The van der Waals surface area contributed by atoms with Crippen LogP contribution < -0.4 is 16.6 Å². The molecule has 0 bridgehead atoms. The van der Waals surface area contributed by atoms with Gasteiger partial charge in [-0.15, -0.1) is 0 Å². The Balaban J connectivity index is 1.40. The van der Waals surface area contributed by atoms with Crippen LogP contribution in [0.15, 0.2) is 57.0 Å². The van der Waals surface area contributed by atoms with Crippen LogP contribution in [0.3, 0.4) is 0 Å². The maximum atomic E-state index is 13.3. The molecule has 0 unspecified atom stereocenters. The van der Waals surface area contributed by atoms with Gasteiger partial charge in [0.2, 0.25) is 5.91 Å². The highest BCUT2D eigenvalue weighted by atomic mass is 19.4. The summed E-state index contributed by atoms with van der Waals surface area (Å²) in [6, 6.07) is 7.58. The molecule has 5 aromatic rings. The minimum Gasteiger partial charge on any atom is -0.361 e. The van der Waals surface area contributed by atoms with Gasteiger partial charge in [-0.1, -0.05) is 11.2 Å². The second-order valence-corrected chi connectivity index (χ2v) is 9.05. The van der Waals surface area contributed by atoms with E-state index in [0.29, 0.717) is 22.7 Å². The summed E-state index contributed by atoms with van der Waals surface area (Å²) in [6.45, 7) is 2.52. The molecule has 0 aliphatic rings. The number of hydrogen-bond acceptors (Lipinski definition) is 8. The van der Waals surface area contributed by atoms with E-state index in [1.54, 1.807) is 25.1 Å². The molecule has 0 saturated heterocycles. The summed E-state index contributed by atoms with van der Waals surface area (Å²) < 4.78 is 47.7. The molecular weight excluding hydrogens is 533 g/mol. The third-order valence-electron chi connectivity index (χ3n) is 6.07. The Morgan fingerprint density at radius 3 is 2.58 bits per heavy atom. The van der Waals surface area contributed by atoms with E-state index in [-0.39, 0.29) is 35.6 Å². The van der Waals surface area contributed by atoms with Crippen molar-refractivity contribution in [1.82, 2.24) is 33.8 Å². The van der Waals surface area contributed by atoms with Crippen LogP contribution in [0.4, 0.5) is 19.0 Å². The number of rotatable bonds is 6. The lowest BCUT2D eigenvalue weighted by atomic mass is 10.1. The molecule has 5 heterocycles. The van der Waals surface area contributed by atoms with Gasteiger partial charge in [0.1, 0.15) is 29.5 Å². The smallest absolute Gasteiger partial charge is 0.361 e. The molecule has 15 heteroatoms. The molecule has 0 aliphatic carbocycles. The summed E-state index contributed by atoms with van der Waals surface area (Å²) in [6.07, 6.45) is -2.23. The number of aryl methyl sites for hydroxylation is 3. The normalized spacial score (nSPS) is 11.8. The quantitative estimate of drug-likeness (QED) is 0.338. The number of nitrogens with one attached hydrogen (secondary N) is 1. The second-order valence-electron chi connectivity index (χ2n) is 9.05. The van der Waals surface area contributed by atoms with E-state index >= 15 is 0 Å². The number of halogens is 3. The van der Waals surface area contributed by atoms with Crippen molar-refractivity contribution in [2.45, 2.75) is 33.1 Å². The Morgan fingerprint density at radius 1 is 1.12 bits per heavy atom. The zero-order chi connectivity index (χ0) is 28.8. The Morgan fingerprint density at radius 2 is 1.90 bits per heavy atom. The lowest BCUT2D eigenvalue weighted by Gasteiger charge is -2.11. The molecule has 1 amide bonds. The van der Waals surface area contributed by atoms with Crippen LogP contribution in [0.1, 0.15) is 22.7 Å². The zero-order valence-electron chi connectivity index (χ0n) is 21.4. The number of hydrogen-bond donors (Lipinski definition) is 1. The number of fused-ring (bicyclic) bond motifs is 1. The van der Waals surface area contributed by atoms with Gasteiger partial charge in [-0.2, -0.15) is 13.2 Å². The average molecular weight is 554 g/mol. The Kier molecular flexibility index (Phi) is 6.57. The van der Waals surface area contributed by atoms with Gasteiger partial charge in [0, 0.05) is 24.9 Å². The van der Waals surface area contributed by atoms with Crippen molar-refractivity contribution in [3.8, 4) is 11.3 Å². The number of carbonyl (C=O) groups is 1. The lowest BCUT2D eigenvalue weighted by molar-refractivity contribution is -0.141. The fourth-order valence-electron chi connectivity index (χ4n) is 4.25. The molecular formula is C25H21F3N8O4. The van der Waals surface area contributed by atoms with Crippen LogP contribution in [-0.4, -0.2) is 39.7 Å². The minimum atomic E-state index is -4.58. The van der Waals surface area contributed by atoms with Gasteiger partial charge in [0.05, 0.1) is 18.6 Å². The molecule has 0 fully saturated rings. The van der Waals surface area contributed by atoms with Gasteiger partial charge < -0.3 is 14.4 Å². The van der Waals surface area contributed by atoms with Crippen molar-refractivity contribution in [3.63, 3.8) is 0 Å². The maximum Gasteiger partial charge on any atom is 0.433 e. The molecule has 1 N–H and O–H groups in total. The van der Waals surface area contributed by atoms with Gasteiger partial charge in [-0.05, 0) is 37.6 Å². The Labute approximate surface area is 222 Å². The van der Waals surface area contributed by atoms with E-state index in [1.165, 1.54) is 41.6 Å². The largest absolute Gasteiger partial charge is 0.433 e. The molecule has 0 aromatic carbocycles. The van der Waals surface area contributed by atoms with E-state index in [4.69, 9.17) is 4.52 Å². The van der Waals surface area contributed by atoms with Gasteiger partial charge in [-0.3, -0.25) is 23.7 Å². The number of pyridine rings is 2. The van der Waals surface area contributed by atoms with Crippen molar-refractivity contribution in [3.05, 3.63) is 86.4 Å². The average Bonchev–Trinajstić information content (AvgIpc) is 3.50. The summed E-state index contributed by atoms with van der Waals surface area (Å²) in [5.41, 5.74) is -1.17. The SMILES string of the molecule is Cc1cc(Cn2c(=O)c3c(ncn3CC(=O)Nc3cccc(-c4cnc(C(F)(F)F)c(C)c4)n3)n(C)c2=O)no1. The number of carbonyl (C=O) groups excluding carboxylic acids is 1. The van der Waals surface area contributed by atoms with E-state index in [2.05, 4.69) is 25.4 Å². The van der Waals surface area contributed by atoms with Gasteiger partial charge in [-0.25, -0.2) is 14.8 Å². The van der Waals surface area contributed by atoms with Crippen LogP contribution in [0.5, 0.6) is 0 Å². The number of aromatic nitrogens is 7. The molecule has 0 saturated carbocycles. The molecule has 12 nitrogen and oxygen atoms in total. The number of amides is 1. The first-order valence-electron chi connectivity index (χ1n) is 11.8. The molecule has 5 rings (SSSR count). The highest BCUT2D eigenvalue weighted by Crippen LogP contribution is 2.31. The van der Waals surface area contributed by atoms with Crippen molar-refractivity contribution in [2.24, 2.45) is 7.05 Å². The zero-order valence-corrected chi connectivity index (χ0v) is 21.4. The lowest BCUT2D eigenvalue weighted by Crippen LogP contribution is -2.40. The minimum absolute atomic E-state index is 0.0329. The first kappa shape index (κ1) is 26.5. The topological polar surface area (TPSA) is 143 Å². The van der Waals surface area contributed by atoms with E-state index in [1.807, 2.05) is 0 Å². The standard InChI is InChI=1S/C25H21F3N8O4/c1-13-7-15(9-29-21(13)25(26,27)28)17-5-4-6-18(31-17)32-19(37)11-35-12-30-22-20(35)23(38)36(24(39)34(22)3)10-16-8-14(2)40-33-16/h4-9,12H,10-11H2,1-3H3,(H,31,32,37). The highest BCUT2D eigenvalue weighted by Gasteiger charge is 2.34. The van der Waals surface area contributed by atoms with Crippen molar-refractivity contribution in [2.75, 3.05) is 5.32 Å². The third-order valence-corrected chi connectivity index (χ3v) is 6.07. The predicted octanol–water partition coefficient (Wildman–Crippen LogP) is 2.66. The number of alkyl halides is 3. The van der Waals surface area contributed by atoms with Crippen molar-refractivity contribution in [1.29, 1.82) is 0 Å². The van der Waals surface area contributed by atoms with Crippen LogP contribution in [0.25, 0.3) is 22.4 Å². The van der Waals surface area contributed by atoms with Crippen molar-refractivity contribution >= 4 is 22.9 Å². The molecule has 0 spiro atoms. The van der Waals surface area contributed by atoms with Crippen LogP contribution in [0.2, 0.25) is 0 Å². The van der Waals surface area contributed by atoms with E-state index in [0.717, 1.165) is 10.8 Å². The van der Waals surface area contributed by atoms with Crippen molar-refractivity contribution < 1.29 is 22.5 Å².